The fourth-order valence-electron chi connectivity index (χ4n) is 5.26. The van der Waals surface area contributed by atoms with Crippen LogP contribution in [0.2, 0.25) is 58.9 Å². The Morgan fingerprint density at radius 2 is 1.59 bits per heavy atom. The summed E-state index contributed by atoms with van der Waals surface area (Å²) < 4.78 is 18.9. The van der Waals surface area contributed by atoms with Gasteiger partial charge in [-0.1, -0.05) is 62.8 Å². The van der Waals surface area contributed by atoms with E-state index >= 15 is 0 Å². The first-order valence-corrected chi connectivity index (χ1v) is 25.6. The zero-order valence-electron chi connectivity index (χ0n) is 27.2. The fourth-order valence-corrected chi connectivity index (χ4v) is 8.30. The van der Waals surface area contributed by atoms with Gasteiger partial charge in [0.05, 0.1) is 17.9 Å². The molecule has 6 nitrogen and oxygen atoms in total. The van der Waals surface area contributed by atoms with Crippen molar-refractivity contribution in [2.75, 3.05) is 7.11 Å². The largest absolute Gasteiger partial charge is 0.520 e. The minimum Gasteiger partial charge on any atom is -0.520 e. The van der Waals surface area contributed by atoms with Crippen LogP contribution in [-0.2, 0) is 22.9 Å². The first-order chi connectivity index (χ1) is 18.0. The molecule has 0 heterocycles. The maximum Gasteiger partial charge on any atom is 0.292 e. The number of oxime groups is 1. The Kier molecular flexibility index (Phi) is 16.1. The van der Waals surface area contributed by atoms with Crippen molar-refractivity contribution in [2.45, 2.75) is 149 Å². The molecule has 1 aliphatic carbocycles. The molecule has 0 aliphatic heterocycles. The van der Waals surface area contributed by atoms with Crippen LogP contribution in [0.3, 0.4) is 0 Å². The molecule has 0 radical (unpaired) electrons. The molecule has 39 heavy (non-hydrogen) atoms. The molecule has 9 heteroatoms. The molecular formula is C30H61NO5Si3. The van der Waals surface area contributed by atoms with Gasteiger partial charge in [-0.3, -0.25) is 4.79 Å². The van der Waals surface area contributed by atoms with Gasteiger partial charge in [0.2, 0.25) is 8.32 Å². The number of hydrogen-bond acceptors (Lipinski definition) is 6. The highest BCUT2D eigenvalue weighted by atomic mass is 28.4. The standard InChI is InChI=1S/C30H61NO5Si3/c1-12-13-16-19-25(34-37(3,4)5)22-23-27-26(28(31-33-2)24-29(27)35-38(6,7)8)20-17-14-15-18-21-30(32)36-39(9,10)11/h22-23,25-27,29H,12-21,24H2,1-11H3/b23-22+,31-28+/t25-,26-,27+,29+/m0/s1. The molecule has 0 saturated heterocycles. The highest BCUT2D eigenvalue weighted by Crippen LogP contribution is 2.39. The second-order valence-electron chi connectivity index (χ2n) is 14.1. The predicted molar refractivity (Wildman–Crippen MR) is 173 cm³/mol. The first-order valence-electron chi connectivity index (χ1n) is 15.4. The van der Waals surface area contributed by atoms with E-state index in [9.17, 15) is 4.79 Å². The molecule has 0 spiro atoms. The third kappa shape index (κ3) is 17.0. The molecule has 0 bridgehead atoms. The van der Waals surface area contributed by atoms with Crippen molar-refractivity contribution < 1.29 is 22.9 Å². The summed E-state index contributed by atoms with van der Waals surface area (Å²) in [6, 6.07) is 0. The molecule has 0 aromatic heterocycles. The van der Waals surface area contributed by atoms with Crippen molar-refractivity contribution in [2.24, 2.45) is 17.0 Å². The maximum absolute atomic E-state index is 12.1. The van der Waals surface area contributed by atoms with Crippen LogP contribution in [0.25, 0.3) is 0 Å². The lowest BCUT2D eigenvalue weighted by Crippen LogP contribution is -2.35. The monoisotopic (exact) mass is 599 g/mol. The molecule has 228 valence electrons. The Balaban J connectivity index is 2.95. The van der Waals surface area contributed by atoms with E-state index in [1.54, 1.807) is 7.11 Å². The van der Waals surface area contributed by atoms with Gasteiger partial charge in [0.25, 0.3) is 5.97 Å². The van der Waals surface area contributed by atoms with Gasteiger partial charge in [-0.05, 0) is 78.2 Å². The first kappa shape index (κ1) is 36.3. The normalized spacial score (nSPS) is 22.5. The molecule has 0 N–H and O–H groups in total. The highest BCUT2D eigenvalue weighted by Gasteiger charge is 2.42. The van der Waals surface area contributed by atoms with E-state index in [0.717, 1.165) is 50.7 Å². The Morgan fingerprint density at radius 1 is 0.923 bits per heavy atom. The van der Waals surface area contributed by atoms with Gasteiger partial charge in [0.1, 0.15) is 7.11 Å². The number of unbranched alkanes of at least 4 members (excludes halogenated alkanes) is 5. The molecule has 1 rings (SSSR count). The molecule has 1 aliphatic rings. The van der Waals surface area contributed by atoms with Crippen molar-refractivity contribution in [1.82, 2.24) is 0 Å². The maximum atomic E-state index is 12.1. The van der Waals surface area contributed by atoms with E-state index in [-0.39, 0.29) is 24.1 Å². The van der Waals surface area contributed by atoms with E-state index in [4.69, 9.17) is 18.1 Å². The molecule has 0 amide bonds. The zero-order valence-corrected chi connectivity index (χ0v) is 30.2. The third-order valence-corrected chi connectivity index (χ3v) is 9.52. The number of nitrogens with zero attached hydrogens (tertiary/aromatic N) is 1. The quantitative estimate of drug-likeness (QED) is 0.0642. The van der Waals surface area contributed by atoms with E-state index < -0.39 is 25.0 Å². The summed E-state index contributed by atoms with van der Waals surface area (Å²) >= 11 is 0. The van der Waals surface area contributed by atoms with Crippen LogP contribution in [0, 0.1) is 11.8 Å². The fraction of sp³-hybridized carbons (Fsp3) is 0.867. The van der Waals surface area contributed by atoms with Crippen LogP contribution in [0.1, 0.15) is 77.6 Å². The second kappa shape index (κ2) is 17.3. The van der Waals surface area contributed by atoms with Crippen molar-refractivity contribution in [3.05, 3.63) is 12.2 Å². The van der Waals surface area contributed by atoms with Gasteiger partial charge >= 0.3 is 0 Å². The van der Waals surface area contributed by atoms with E-state index in [1.807, 2.05) is 0 Å². The van der Waals surface area contributed by atoms with E-state index in [0.29, 0.717) is 12.3 Å². The topological polar surface area (TPSA) is 66.4 Å². The SMILES string of the molecule is CCCCC[C@@H](/C=C/[C@@H]1[C@H](CCCCCCC(=O)O[Si](C)(C)C)/C(=N/OC)C[C@H]1O[Si](C)(C)C)O[Si](C)(C)C. The highest BCUT2D eigenvalue weighted by molar-refractivity contribution is 6.71. The summed E-state index contributed by atoms with van der Waals surface area (Å²) in [4.78, 5) is 17.4. The zero-order chi connectivity index (χ0) is 29.7. The van der Waals surface area contributed by atoms with Crippen molar-refractivity contribution in [1.29, 1.82) is 0 Å². The van der Waals surface area contributed by atoms with Gasteiger partial charge in [-0.2, -0.15) is 0 Å². The summed E-state index contributed by atoms with van der Waals surface area (Å²) in [7, 11) is -3.55. The summed E-state index contributed by atoms with van der Waals surface area (Å²) in [6.07, 6.45) is 16.3. The third-order valence-electron chi connectivity index (χ3n) is 6.66. The van der Waals surface area contributed by atoms with E-state index in [1.165, 1.54) is 19.3 Å². The average Bonchev–Trinajstić information content (AvgIpc) is 3.06. The second-order valence-corrected chi connectivity index (χ2v) is 27.5. The van der Waals surface area contributed by atoms with Gasteiger partial charge < -0.3 is 18.1 Å². The molecule has 1 saturated carbocycles. The molecule has 4 atom stereocenters. The number of carbonyl (C=O) groups is 1. The number of carbonyl (C=O) groups excluding carboxylic acids is 1. The Labute approximate surface area is 244 Å². The minimum absolute atomic E-state index is 0.0370. The van der Waals surface area contributed by atoms with Crippen LogP contribution in [0.5, 0.6) is 0 Å². The predicted octanol–water partition coefficient (Wildman–Crippen LogP) is 8.92. The van der Waals surface area contributed by atoms with E-state index in [2.05, 4.69) is 83.2 Å². The lowest BCUT2D eigenvalue weighted by Gasteiger charge is -2.29. The number of hydrogen-bond donors (Lipinski definition) is 0. The number of rotatable bonds is 19. The Bertz CT molecular complexity index is 768. The van der Waals surface area contributed by atoms with Crippen LogP contribution in [0.15, 0.2) is 17.3 Å². The van der Waals surface area contributed by atoms with Gasteiger partial charge in [-0.25, -0.2) is 0 Å². The smallest absolute Gasteiger partial charge is 0.292 e. The van der Waals surface area contributed by atoms with Crippen LogP contribution in [0.4, 0.5) is 0 Å². The lowest BCUT2D eigenvalue weighted by molar-refractivity contribution is -0.135. The molecule has 0 aromatic carbocycles. The van der Waals surface area contributed by atoms with Crippen molar-refractivity contribution in [3.8, 4) is 0 Å². The molecular weight excluding hydrogens is 539 g/mol. The lowest BCUT2D eigenvalue weighted by atomic mass is 9.88. The summed E-state index contributed by atoms with van der Waals surface area (Å²) in [5.41, 5.74) is 1.13. The van der Waals surface area contributed by atoms with Crippen molar-refractivity contribution >= 4 is 36.6 Å². The summed E-state index contributed by atoms with van der Waals surface area (Å²) in [5, 5.41) is 4.49. The van der Waals surface area contributed by atoms with Crippen molar-refractivity contribution in [3.63, 3.8) is 0 Å². The van der Waals surface area contributed by atoms with Gasteiger partial charge in [0, 0.05) is 24.7 Å². The minimum atomic E-state index is -1.80. The van der Waals surface area contributed by atoms with Crippen LogP contribution in [-0.4, -0.2) is 56.0 Å². The summed E-state index contributed by atoms with van der Waals surface area (Å²) in [6.45, 7) is 22.0. The van der Waals surface area contributed by atoms with Crippen LogP contribution >= 0.6 is 0 Å². The van der Waals surface area contributed by atoms with Gasteiger partial charge in [0.15, 0.2) is 16.6 Å². The molecule has 1 fully saturated rings. The molecule has 0 unspecified atom stereocenters. The Morgan fingerprint density at radius 3 is 2.15 bits per heavy atom. The average molecular weight is 600 g/mol. The van der Waals surface area contributed by atoms with Crippen LogP contribution < -0.4 is 0 Å². The molecule has 0 aromatic rings. The van der Waals surface area contributed by atoms with Gasteiger partial charge in [-0.15, -0.1) is 0 Å². The Hall–Kier alpha value is -0.749. The summed E-state index contributed by atoms with van der Waals surface area (Å²) in [5.74, 6) is 0.545.